The van der Waals surface area contributed by atoms with Gasteiger partial charge >= 0.3 is 5.97 Å². The molecule has 0 bridgehead atoms. The highest BCUT2D eigenvalue weighted by atomic mass is 16.5. The van der Waals surface area contributed by atoms with Gasteiger partial charge in [-0.1, -0.05) is 12.1 Å². The number of benzene rings is 1. The Kier molecular flexibility index (Phi) is 4.55. The molecule has 104 valence electrons. The minimum atomic E-state index is -0.958. The van der Waals surface area contributed by atoms with E-state index in [4.69, 9.17) is 9.84 Å². The fourth-order valence-corrected chi connectivity index (χ4v) is 1.69. The van der Waals surface area contributed by atoms with E-state index in [1.54, 1.807) is 6.08 Å². The third-order valence-electron chi connectivity index (χ3n) is 2.65. The first kappa shape index (κ1) is 13.9. The van der Waals surface area contributed by atoms with E-state index in [-0.39, 0.29) is 0 Å². The van der Waals surface area contributed by atoms with E-state index in [1.165, 1.54) is 0 Å². The molecular formula is C15H16N2O3. The molecule has 1 N–H and O–H groups in total. The summed E-state index contributed by atoms with van der Waals surface area (Å²) in [5.74, 6) is -0.207. The Morgan fingerprint density at radius 3 is 2.75 bits per heavy atom. The second-order valence-corrected chi connectivity index (χ2v) is 4.37. The Morgan fingerprint density at radius 1 is 1.40 bits per heavy atom. The van der Waals surface area contributed by atoms with Crippen molar-refractivity contribution >= 4 is 12.0 Å². The zero-order valence-corrected chi connectivity index (χ0v) is 11.2. The van der Waals surface area contributed by atoms with Crippen molar-refractivity contribution < 1.29 is 14.6 Å². The summed E-state index contributed by atoms with van der Waals surface area (Å²) in [6.07, 6.45) is 6.42. The monoisotopic (exact) mass is 272 g/mol. The Morgan fingerprint density at radius 2 is 2.15 bits per heavy atom. The average Bonchev–Trinajstić information content (AvgIpc) is 2.83. The molecule has 0 aliphatic rings. The molecule has 0 saturated carbocycles. The van der Waals surface area contributed by atoms with Crippen LogP contribution in [0, 0.1) is 6.92 Å². The summed E-state index contributed by atoms with van der Waals surface area (Å²) in [5.41, 5.74) is 1.95. The van der Waals surface area contributed by atoms with Gasteiger partial charge in [-0.3, -0.25) is 4.68 Å². The Balaban J connectivity index is 1.83. The Hall–Kier alpha value is -2.56. The highest BCUT2D eigenvalue weighted by Crippen LogP contribution is 2.13. The summed E-state index contributed by atoms with van der Waals surface area (Å²) < 4.78 is 7.43. The van der Waals surface area contributed by atoms with Crippen LogP contribution in [0.15, 0.2) is 42.7 Å². The fraction of sp³-hybridized carbons (Fsp3) is 0.200. The molecule has 2 rings (SSSR count). The second kappa shape index (κ2) is 6.56. The predicted molar refractivity (Wildman–Crippen MR) is 75.6 cm³/mol. The SMILES string of the molecule is Cc1cnn(CCOc2ccc(C=CC(=O)O)cc2)c1. The van der Waals surface area contributed by atoms with Gasteiger partial charge in [-0.25, -0.2) is 4.79 Å². The lowest BCUT2D eigenvalue weighted by Crippen LogP contribution is -2.08. The quantitative estimate of drug-likeness (QED) is 0.820. The first-order chi connectivity index (χ1) is 9.63. The number of carbonyl (C=O) groups is 1. The number of hydrogen-bond acceptors (Lipinski definition) is 3. The average molecular weight is 272 g/mol. The highest BCUT2D eigenvalue weighted by molar-refractivity contribution is 5.85. The van der Waals surface area contributed by atoms with Gasteiger partial charge in [0.1, 0.15) is 12.4 Å². The van der Waals surface area contributed by atoms with E-state index in [0.717, 1.165) is 23.0 Å². The maximum absolute atomic E-state index is 10.4. The van der Waals surface area contributed by atoms with Crippen LogP contribution in [0.4, 0.5) is 0 Å². The molecule has 0 atom stereocenters. The number of rotatable bonds is 6. The smallest absolute Gasteiger partial charge is 0.328 e. The minimum absolute atomic E-state index is 0.533. The van der Waals surface area contributed by atoms with Gasteiger partial charge < -0.3 is 9.84 Å². The summed E-state index contributed by atoms with van der Waals surface area (Å²) in [6, 6.07) is 7.26. The molecule has 0 amide bonds. The van der Waals surface area contributed by atoms with Crippen molar-refractivity contribution in [2.24, 2.45) is 0 Å². The van der Waals surface area contributed by atoms with Gasteiger partial charge in [-0.05, 0) is 36.3 Å². The lowest BCUT2D eigenvalue weighted by atomic mass is 10.2. The molecule has 1 heterocycles. The van der Waals surface area contributed by atoms with Gasteiger partial charge in [0.2, 0.25) is 0 Å². The molecule has 0 aliphatic heterocycles. The van der Waals surface area contributed by atoms with Crippen LogP contribution >= 0.6 is 0 Å². The van der Waals surface area contributed by atoms with Crippen molar-refractivity contribution in [3.8, 4) is 5.75 Å². The van der Waals surface area contributed by atoms with Crippen LogP contribution in [0.3, 0.4) is 0 Å². The molecule has 5 nitrogen and oxygen atoms in total. The van der Waals surface area contributed by atoms with E-state index >= 15 is 0 Å². The van der Waals surface area contributed by atoms with Gasteiger partial charge in [0.15, 0.2) is 0 Å². The van der Waals surface area contributed by atoms with Crippen molar-refractivity contribution in [2.45, 2.75) is 13.5 Å². The van der Waals surface area contributed by atoms with E-state index < -0.39 is 5.97 Å². The maximum atomic E-state index is 10.4. The third-order valence-corrected chi connectivity index (χ3v) is 2.65. The first-order valence-corrected chi connectivity index (χ1v) is 6.26. The molecule has 1 aromatic heterocycles. The number of aromatic nitrogens is 2. The lowest BCUT2D eigenvalue weighted by Gasteiger charge is -2.06. The van der Waals surface area contributed by atoms with Gasteiger partial charge in [0.05, 0.1) is 12.7 Å². The molecule has 0 aliphatic carbocycles. The van der Waals surface area contributed by atoms with Gasteiger partial charge in [0, 0.05) is 12.3 Å². The third kappa shape index (κ3) is 4.28. The van der Waals surface area contributed by atoms with Crippen molar-refractivity contribution in [3.05, 3.63) is 53.9 Å². The number of carboxylic acids is 1. The Bertz CT molecular complexity index is 600. The molecule has 0 spiro atoms. The summed E-state index contributed by atoms with van der Waals surface area (Å²) >= 11 is 0. The van der Waals surface area contributed by atoms with Gasteiger partial charge in [-0.2, -0.15) is 5.10 Å². The van der Waals surface area contributed by atoms with Gasteiger partial charge in [0.25, 0.3) is 0 Å². The number of hydrogen-bond donors (Lipinski definition) is 1. The molecule has 5 heteroatoms. The lowest BCUT2D eigenvalue weighted by molar-refractivity contribution is -0.131. The van der Waals surface area contributed by atoms with Crippen molar-refractivity contribution in [3.63, 3.8) is 0 Å². The summed E-state index contributed by atoms with van der Waals surface area (Å²) in [7, 11) is 0. The van der Waals surface area contributed by atoms with Crippen LogP contribution in [-0.4, -0.2) is 27.5 Å². The summed E-state index contributed by atoms with van der Waals surface area (Å²) in [4.78, 5) is 10.4. The topological polar surface area (TPSA) is 64.4 Å². The standard InChI is InChI=1S/C15H16N2O3/c1-12-10-16-17(11-12)8-9-20-14-5-2-13(3-6-14)4-7-15(18)19/h2-7,10-11H,8-9H2,1H3,(H,18,19). The summed E-state index contributed by atoms with van der Waals surface area (Å²) in [6.45, 7) is 3.22. The number of aliphatic carboxylic acids is 1. The predicted octanol–water partition coefficient (Wildman–Crippen LogP) is 2.37. The number of aryl methyl sites for hydroxylation is 1. The maximum Gasteiger partial charge on any atom is 0.328 e. The van der Waals surface area contributed by atoms with E-state index in [0.29, 0.717) is 13.2 Å². The van der Waals surface area contributed by atoms with Crippen molar-refractivity contribution in [1.82, 2.24) is 9.78 Å². The van der Waals surface area contributed by atoms with Crippen LogP contribution in [0.25, 0.3) is 6.08 Å². The molecule has 0 unspecified atom stereocenters. The normalized spacial score (nSPS) is 10.8. The number of ether oxygens (including phenoxy) is 1. The van der Waals surface area contributed by atoms with Crippen LogP contribution < -0.4 is 4.74 Å². The largest absolute Gasteiger partial charge is 0.492 e. The molecular weight excluding hydrogens is 256 g/mol. The first-order valence-electron chi connectivity index (χ1n) is 6.26. The van der Waals surface area contributed by atoms with Crippen molar-refractivity contribution in [2.75, 3.05) is 6.61 Å². The minimum Gasteiger partial charge on any atom is -0.492 e. The van der Waals surface area contributed by atoms with Crippen LogP contribution in [0.5, 0.6) is 5.75 Å². The molecule has 20 heavy (non-hydrogen) atoms. The molecule has 0 saturated heterocycles. The number of nitrogens with zero attached hydrogens (tertiary/aromatic N) is 2. The van der Waals surface area contributed by atoms with Gasteiger partial charge in [-0.15, -0.1) is 0 Å². The van der Waals surface area contributed by atoms with Crippen LogP contribution in [0.2, 0.25) is 0 Å². The second-order valence-electron chi connectivity index (χ2n) is 4.37. The van der Waals surface area contributed by atoms with E-state index in [1.807, 2.05) is 48.3 Å². The van der Waals surface area contributed by atoms with Crippen molar-refractivity contribution in [1.29, 1.82) is 0 Å². The zero-order valence-electron chi connectivity index (χ0n) is 11.2. The molecule has 2 aromatic rings. The van der Waals surface area contributed by atoms with E-state index in [9.17, 15) is 4.79 Å². The molecule has 0 radical (unpaired) electrons. The summed E-state index contributed by atoms with van der Waals surface area (Å²) in [5, 5.41) is 12.7. The van der Waals surface area contributed by atoms with Crippen LogP contribution in [-0.2, 0) is 11.3 Å². The molecule has 0 fully saturated rings. The number of carboxylic acid groups (broad SMARTS) is 1. The Labute approximate surface area is 117 Å². The molecule has 1 aromatic carbocycles. The highest BCUT2D eigenvalue weighted by Gasteiger charge is 1.97. The fourth-order valence-electron chi connectivity index (χ4n) is 1.69. The zero-order chi connectivity index (χ0) is 14.4. The van der Waals surface area contributed by atoms with Crippen LogP contribution in [0.1, 0.15) is 11.1 Å². The van der Waals surface area contributed by atoms with E-state index in [2.05, 4.69) is 5.10 Å².